The number of amides is 1. The second-order valence-corrected chi connectivity index (χ2v) is 5.91. The molecule has 104 valence electrons. The van der Waals surface area contributed by atoms with Crippen LogP contribution in [0.4, 0.5) is 4.39 Å². The number of halogens is 1. The third-order valence-electron chi connectivity index (χ3n) is 4.05. The zero-order valence-electron chi connectivity index (χ0n) is 11.6. The summed E-state index contributed by atoms with van der Waals surface area (Å²) in [6, 6.07) is 1.08. The first kappa shape index (κ1) is 13.7. The van der Waals surface area contributed by atoms with Gasteiger partial charge in [0, 0.05) is 19.0 Å². The van der Waals surface area contributed by atoms with Crippen molar-refractivity contribution in [3.05, 3.63) is 0 Å². The predicted molar refractivity (Wildman–Crippen MR) is 69.0 cm³/mol. The molecule has 1 N–H and O–H groups in total. The molecule has 0 bridgehead atoms. The van der Waals surface area contributed by atoms with Crippen LogP contribution < -0.4 is 5.32 Å². The summed E-state index contributed by atoms with van der Waals surface area (Å²) in [5.41, 5.74) is 0. The molecule has 2 saturated heterocycles. The second-order valence-electron chi connectivity index (χ2n) is 5.91. The Balaban J connectivity index is 1.75. The zero-order chi connectivity index (χ0) is 13.3. The molecule has 0 aromatic carbocycles. The Kier molecular flexibility index (Phi) is 3.92. The van der Waals surface area contributed by atoms with E-state index in [9.17, 15) is 9.18 Å². The summed E-state index contributed by atoms with van der Waals surface area (Å²) >= 11 is 0. The molecule has 1 amide bonds. The van der Waals surface area contributed by atoms with Crippen LogP contribution in [0.5, 0.6) is 0 Å². The highest BCUT2D eigenvalue weighted by Crippen LogP contribution is 2.29. The number of rotatable bonds is 3. The Morgan fingerprint density at radius 3 is 2.33 bits per heavy atom. The number of carbonyl (C=O) groups excluding carboxylic acids is 1. The van der Waals surface area contributed by atoms with Crippen LogP contribution in [0.15, 0.2) is 0 Å². The quantitative estimate of drug-likeness (QED) is 0.766. The van der Waals surface area contributed by atoms with E-state index in [1.807, 2.05) is 0 Å². The van der Waals surface area contributed by atoms with Crippen LogP contribution in [0.25, 0.3) is 0 Å². The molecule has 2 heterocycles. The van der Waals surface area contributed by atoms with Crippen molar-refractivity contribution >= 4 is 5.91 Å². The second kappa shape index (κ2) is 5.13. The van der Waals surface area contributed by atoms with Gasteiger partial charge in [0.1, 0.15) is 0 Å². The van der Waals surface area contributed by atoms with Gasteiger partial charge in [-0.2, -0.15) is 0 Å². The number of nitrogens with one attached hydrogen (secondary N) is 1. The summed E-state index contributed by atoms with van der Waals surface area (Å²) in [4.78, 5) is 15.5. The molecule has 4 nitrogen and oxygen atoms in total. The van der Waals surface area contributed by atoms with E-state index in [2.05, 4.69) is 29.0 Å². The molecule has 18 heavy (non-hydrogen) atoms. The lowest BCUT2D eigenvalue weighted by atomic mass is 9.95. The number of carbonyl (C=O) groups is 1. The molecule has 2 fully saturated rings. The summed E-state index contributed by atoms with van der Waals surface area (Å²) < 4.78 is 14.0. The average Bonchev–Trinajstić information content (AvgIpc) is 2.25. The van der Waals surface area contributed by atoms with Crippen LogP contribution in [0, 0.1) is 0 Å². The van der Waals surface area contributed by atoms with Crippen LogP contribution in [0.1, 0.15) is 33.6 Å². The van der Waals surface area contributed by atoms with Gasteiger partial charge in [-0.1, -0.05) is 0 Å². The highest BCUT2D eigenvalue weighted by Gasteiger charge is 2.47. The highest BCUT2D eigenvalue weighted by atomic mass is 19.1. The minimum Gasteiger partial charge on any atom is -0.322 e. The van der Waals surface area contributed by atoms with E-state index in [1.54, 1.807) is 0 Å². The largest absolute Gasteiger partial charge is 0.322 e. The fourth-order valence-electron chi connectivity index (χ4n) is 3.02. The van der Waals surface area contributed by atoms with Gasteiger partial charge in [-0.3, -0.25) is 9.69 Å². The van der Waals surface area contributed by atoms with Gasteiger partial charge < -0.3 is 10.2 Å². The molecule has 2 rings (SSSR count). The number of hydrogen-bond acceptors (Lipinski definition) is 3. The Morgan fingerprint density at radius 2 is 1.89 bits per heavy atom. The van der Waals surface area contributed by atoms with E-state index in [0.717, 1.165) is 25.9 Å². The first-order valence-electron chi connectivity index (χ1n) is 6.85. The number of alkyl halides is 1. The summed E-state index contributed by atoms with van der Waals surface area (Å²) in [6.07, 6.45) is 2.21. The molecule has 0 aliphatic carbocycles. The first-order chi connectivity index (χ1) is 8.39. The minimum absolute atomic E-state index is 0.285. The molecular formula is C13H24FN3O. The number of piperidine rings is 1. The summed E-state index contributed by atoms with van der Waals surface area (Å²) in [7, 11) is 0. The lowest BCUT2D eigenvalue weighted by Crippen LogP contribution is -2.70. The van der Waals surface area contributed by atoms with Crippen molar-refractivity contribution in [3.8, 4) is 0 Å². The van der Waals surface area contributed by atoms with Gasteiger partial charge in [0.05, 0.1) is 13.1 Å². The van der Waals surface area contributed by atoms with Crippen LogP contribution in [-0.4, -0.2) is 59.8 Å². The van der Waals surface area contributed by atoms with E-state index in [4.69, 9.17) is 0 Å². The first-order valence-corrected chi connectivity index (χ1v) is 6.85. The molecule has 0 unspecified atom stereocenters. The summed E-state index contributed by atoms with van der Waals surface area (Å²) in [6.45, 7) is 8.68. The standard InChI is InChI=1S/C13H24FN3O/c1-10(2)16-6-4-12(5-7-16)17-8-13(14,9-17)15-11(3)18/h10,12H,4-9H2,1-3H3,(H,15,18). The normalized spacial score (nSPS) is 26.1. The van der Waals surface area contributed by atoms with Crippen LogP contribution in [0.3, 0.4) is 0 Å². The Hall–Kier alpha value is -0.680. The Labute approximate surface area is 109 Å². The molecule has 0 atom stereocenters. The number of nitrogens with zero attached hydrogens (tertiary/aromatic N) is 2. The molecule has 0 saturated carbocycles. The fourth-order valence-corrected chi connectivity index (χ4v) is 3.02. The van der Waals surface area contributed by atoms with Crippen molar-refractivity contribution in [3.63, 3.8) is 0 Å². The van der Waals surface area contributed by atoms with Gasteiger partial charge in [0.15, 0.2) is 0 Å². The molecule has 2 aliphatic rings. The maximum absolute atomic E-state index is 14.0. The van der Waals surface area contributed by atoms with E-state index in [0.29, 0.717) is 25.2 Å². The van der Waals surface area contributed by atoms with Gasteiger partial charge >= 0.3 is 0 Å². The Morgan fingerprint density at radius 1 is 1.33 bits per heavy atom. The van der Waals surface area contributed by atoms with Gasteiger partial charge in [0.2, 0.25) is 11.7 Å². The van der Waals surface area contributed by atoms with Gasteiger partial charge in [-0.05, 0) is 39.8 Å². The molecule has 0 aromatic rings. The molecule has 5 heteroatoms. The minimum atomic E-state index is -1.49. The molecular weight excluding hydrogens is 233 g/mol. The maximum Gasteiger partial charge on any atom is 0.219 e. The molecule has 0 radical (unpaired) electrons. The van der Waals surface area contributed by atoms with Gasteiger partial charge in [-0.15, -0.1) is 0 Å². The van der Waals surface area contributed by atoms with Crippen LogP contribution in [0.2, 0.25) is 0 Å². The lowest BCUT2D eigenvalue weighted by molar-refractivity contribution is -0.135. The topological polar surface area (TPSA) is 35.6 Å². The van der Waals surface area contributed by atoms with Crippen molar-refractivity contribution < 1.29 is 9.18 Å². The van der Waals surface area contributed by atoms with Gasteiger partial charge in [-0.25, -0.2) is 4.39 Å². The number of likely N-dealkylation sites (tertiary alicyclic amines) is 2. The summed E-state index contributed by atoms with van der Waals surface area (Å²) in [5.74, 6) is -1.77. The van der Waals surface area contributed by atoms with Gasteiger partial charge in [0.25, 0.3) is 0 Å². The van der Waals surface area contributed by atoms with E-state index in [1.165, 1.54) is 6.92 Å². The lowest BCUT2D eigenvalue weighted by Gasteiger charge is -2.50. The third-order valence-corrected chi connectivity index (χ3v) is 4.05. The SMILES string of the molecule is CC(=O)NC1(F)CN(C2CCN(C(C)C)CC2)C1. The van der Waals surface area contributed by atoms with E-state index < -0.39 is 5.79 Å². The zero-order valence-corrected chi connectivity index (χ0v) is 11.6. The van der Waals surface area contributed by atoms with Crippen molar-refractivity contribution in [1.82, 2.24) is 15.1 Å². The van der Waals surface area contributed by atoms with E-state index in [-0.39, 0.29) is 5.91 Å². The molecule has 0 spiro atoms. The maximum atomic E-state index is 14.0. The predicted octanol–water partition coefficient (Wildman–Crippen LogP) is 0.977. The monoisotopic (exact) mass is 257 g/mol. The fraction of sp³-hybridized carbons (Fsp3) is 0.923. The van der Waals surface area contributed by atoms with Crippen LogP contribution >= 0.6 is 0 Å². The molecule has 2 aliphatic heterocycles. The highest BCUT2D eigenvalue weighted by molar-refractivity contribution is 5.73. The van der Waals surface area contributed by atoms with Crippen LogP contribution in [-0.2, 0) is 4.79 Å². The van der Waals surface area contributed by atoms with Crippen molar-refractivity contribution in [1.29, 1.82) is 0 Å². The van der Waals surface area contributed by atoms with Crippen molar-refractivity contribution in [2.45, 2.75) is 51.5 Å². The number of hydrogen-bond donors (Lipinski definition) is 1. The third kappa shape index (κ3) is 3.01. The van der Waals surface area contributed by atoms with Crippen molar-refractivity contribution in [2.75, 3.05) is 26.2 Å². The molecule has 0 aromatic heterocycles. The average molecular weight is 257 g/mol. The Bertz CT molecular complexity index is 307. The van der Waals surface area contributed by atoms with Crippen molar-refractivity contribution in [2.24, 2.45) is 0 Å². The smallest absolute Gasteiger partial charge is 0.219 e. The van der Waals surface area contributed by atoms with E-state index >= 15 is 0 Å². The summed E-state index contributed by atoms with van der Waals surface area (Å²) in [5, 5.41) is 2.39.